The molecule has 0 aliphatic carbocycles. The average Bonchev–Trinajstić information content (AvgIpc) is 2.44. The number of benzene rings is 1. The van der Waals surface area contributed by atoms with Crippen molar-refractivity contribution >= 4 is 27.5 Å². The first-order chi connectivity index (χ1) is 9.97. The fourth-order valence-electron chi connectivity index (χ4n) is 2.05. The van der Waals surface area contributed by atoms with Crippen LogP contribution in [0, 0.1) is 0 Å². The van der Waals surface area contributed by atoms with E-state index in [0.29, 0.717) is 12.6 Å². The zero-order valence-corrected chi connectivity index (χ0v) is 15.0. The molecule has 0 radical (unpaired) electrons. The van der Waals surface area contributed by atoms with E-state index in [1.807, 2.05) is 0 Å². The van der Waals surface area contributed by atoms with Crippen molar-refractivity contribution in [3.63, 3.8) is 0 Å². The lowest BCUT2D eigenvalue weighted by Crippen LogP contribution is -2.36. The van der Waals surface area contributed by atoms with E-state index in [1.165, 1.54) is 5.56 Å². The van der Waals surface area contributed by atoms with Gasteiger partial charge in [0.15, 0.2) is 0 Å². The van der Waals surface area contributed by atoms with E-state index in [4.69, 9.17) is 0 Å². The molecule has 118 valence electrons. The van der Waals surface area contributed by atoms with Crippen molar-refractivity contribution < 1.29 is 4.79 Å². The maximum atomic E-state index is 11.6. The monoisotopic (exact) mass is 355 g/mol. The zero-order valence-electron chi connectivity index (χ0n) is 13.4. The second-order valence-corrected chi connectivity index (χ2v) is 6.27. The third-order valence-electron chi connectivity index (χ3n) is 3.17. The number of anilines is 1. The van der Waals surface area contributed by atoms with Crippen molar-refractivity contribution in [3.8, 4) is 0 Å². The van der Waals surface area contributed by atoms with Crippen molar-refractivity contribution in [1.29, 1.82) is 0 Å². The minimum Gasteiger partial charge on any atom is -0.361 e. The summed E-state index contributed by atoms with van der Waals surface area (Å²) in [7, 11) is 1.67. The molecule has 0 saturated carbocycles. The third kappa shape index (κ3) is 6.06. The normalized spacial score (nSPS) is 10.8. The Morgan fingerprint density at radius 1 is 1.38 bits per heavy atom. The largest absolute Gasteiger partial charge is 0.361 e. The van der Waals surface area contributed by atoms with Gasteiger partial charge in [-0.1, -0.05) is 26.8 Å². The predicted molar refractivity (Wildman–Crippen MR) is 92.7 cm³/mol. The molecule has 2 N–H and O–H groups in total. The van der Waals surface area contributed by atoms with Gasteiger partial charge in [-0.25, -0.2) is 0 Å². The van der Waals surface area contributed by atoms with Crippen LogP contribution in [0.5, 0.6) is 0 Å². The van der Waals surface area contributed by atoms with Crippen LogP contribution in [0.15, 0.2) is 22.7 Å². The van der Waals surface area contributed by atoms with Gasteiger partial charge in [-0.15, -0.1) is 0 Å². The Kier molecular flexibility index (Phi) is 7.75. The molecule has 0 aromatic heterocycles. The topological polar surface area (TPSA) is 44.4 Å². The highest BCUT2D eigenvalue weighted by atomic mass is 79.9. The van der Waals surface area contributed by atoms with Gasteiger partial charge in [-0.3, -0.25) is 4.79 Å². The van der Waals surface area contributed by atoms with E-state index in [9.17, 15) is 4.79 Å². The summed E-state index contributed by atoms with van der Waals surface area (Å²) < 4.78 is 1.03. The van der Waals surface area contributed by atoms with Gasteiger partial charge >= 0.3 is 0 Å². The minimum absolute atomic E-state index is 0.0286. The van der Waals surface area contributed by atoms with Gasteiger partial charge in [0.05, 0.1) is 12.2 Å². The molecule has 1 rings (SSSR count). The van der Waals surface area contributed by atoms with Gasteiger partial charge in [-0.2, -0.15) is 0 Å². The van der Waals surface area contributed by atoms with Crippen molar-refractivity contribution in [2.45, 2.75) is 39.8 Å². The van der Waals surface area contributed by atoms with Crippen LogP contribution in [0.2, 0.25) is 0 Å². The summed E-state index contributed by atoms with van der Waals surface area (Å²) in [5.74, 6) is 0.0286. The van der Waals surface area contributed by atoms with Crippen LogP contribution in [-0.4, -0.2) is 32.1 Å². The van der Waals surface area contributed by atoms with Gasteiger partial charge in [0.25, 0.3) is 0 Å². The Hall–Kier alpha value is -1.07. The molecule has 0 aliphatic heterocycles. The summed E-state index contributed by atoms with van der Waals surface area (Å²) >= 11 is 3.64. The lowest BCUT2D eigenvalue weighted by Gasteiger charge is -2.25. The molecular weight excluding hydrogens is 330 g/mol. The molecule has 0 atom stereocenters. The molecule has 0 aliphatic rings. The Balaban J connectivity index is 2.86. The van der Waals surface area contributed by atoms with Gasteiger partial charge < -0.3 is 15.5 Å². The Labute approximate surface area is 136 Å². The van der Waals surface area contributed by atoms with E-state index in [1.54, 1.807) is 7.05 Å². The molecule has 0 fully saturated rings. The van der Waals surface area contributed by atoms with Gasteiger partial charge in [0.1, 0.15) is 0 Å². The van der Waals surface area contributed by atoms with Crippen LogP contribution >= 0.6 is 15.9 Å². The number of carbonyl (C=O) groups excluding carboxylic acids is 1. The summed E-state index contributed by atoms with van der Waals surface area (Å²) in [6.45, 7) is 8.47. The number of likely N-dealkylation sites (N-methyl/N-ethyl adjacent to an activating group) is 1. The molecular formula is C16H26BrN3O. The molecule has 0 saturated heterocycles. The van der Waals surface area contributed by atoms with Gasteiger partial charge in [0.2, 0.25) is 5.91 Å². The van der Waals surface area contributed by atoms with Crippen LogP contribution in [0.25, 0.3) is 0 Å². The number of carbonyl (C=O) groups is 1. The number of hydrogen-bond donors (Lipinski definition) is 2. The first-order valence-electron chi connectivity index (χ1n) is 7.45. The Morgan fingerprint density at radius 3 is 2.62 bits per heavy atom. The maximum absolute atomic E-state index is 11.6. The van der Waals surface area contributed by atoms with E-state index in [-0.39, 0.29) is 5.91 Å². The van der Waals surface area contributed by atoms with Crippen molar-refractivity contribution in [2.75, 3.05) is 25.0 Å². The summed E-state index contributed by atoms with van der Waals surface area (Å²) in [4.78, 5) is 13.7. The second kappa shape index (κ2) is 9.05. The number of rotatable bonds is 8. The highest BCUT2D eigenvalue weighted by molar-refractivity contribution is 9.10. The van der Waals surface area contributed by atoms with E-state index in [2.05, 4.69) is 70.4 Å². The maximum Gasteiger partial charge on any atom is 0.239 e. The number of halogens is 1. The fraction of sp³-hybridized carbons (Fsp3) is 0.562. The van der Waals surface area contributed by atoms with Gasteiger partial charge in [-0.05, 0) is 40.0 Å². The highest BCUT2D eigenvalue weighted by Gasteiger charge is 2.13. The van der Waals surface area contributed by atoms with Crippen molar-refractivity contribution in [1.82, 2.24) is 10.6 Å². The number of hydrogen-bond acceptors (Lipinski definition) is 3. The van der Waals surface area contributed by atoms with Crippen LogP contribution < -0.4 is 15.5 Å². The van der Waals surface area contributed by atoms with Crippen molar-refractivity contribution in [2.24, 2.45) is 0 Å². The second-order valence-electron chi connectivity index (χ2n) is 5.42. The number of nitrogens with one attached hydrogen (secondary N) is 2. The summed E-state index contributed by atoms with van der Waals surface area (Å²) in [6.07, 6.45) is 1.00. The molecule has 0 bridgehead atoms. The molecule has 4 nitrogen and oxygen atoms in total. The smallest absolute Gasteiger partial charge is 0.239 e. The van der Waals surface area contributed by atoms with E-state index < -0.39 is 0 Å². The fourth-order valence-corrected chi connectivity index (χ4v) is 2.72. The Morgan fingerprint density at radius 2 is 2.10 bits per heavy atom. The lowest BCUT2D eigenvalue weighted by molar-refractivity contribution is -0.119. The number of amides is 1. The third-order valence-corrected chi connectivity index (χ3v) is 3.81. The molecule has 0 heterocycles. The zero-order chi connectivity index (χ0) is 15.8. The first kappa shape index (κ1) is 18.0. The van der Waals surface area contributed by atoms with Crippen LogP contribution in [0.1, 0.15) is 32.8 Å². The molecule has 1 aromatic rings. The molecule has 21 heavy (non-hydrogen) atoms. The molecule has 1 aromatic carbocycles. The number of nitrogens with zero attached hydrogens (tertiary/aromatic N) is 1. The van der Waals surface area contributed by atoms with Gasteiger partial charge in [0, 0.05) is 30.7 Å². The lowest BCUT2D eigenvalue weighted by atomic mass is 10.1. The standard InChI is InChI=1S/C16H26BrN3O/c1-5-8-20(11-16(21)18-4)15-7-6-13(9-14(15)17)10-19-12(2)3/h6-7,9,12,19H,5,8,10-11H2,1-4H3,(H,18,21). The minimum atomic E-state index is 0.0286. The average molecular weight is 356 g/mol. The Bertz CT molecular complexity index is 463. The van der Waals surface area contributed by atoms with Crippen LogP contribution in [-0.2, 0) is 11.3 Å². The summed E-state index contributed by atoms with van der Waals surface area (Å²) in [6, 6.07) is 6.78. The predicted octanol–water partition coefficient (Wildman–Crippen LogP) is 2.91. The molecule has 1 amide bonds. The van der Waals surface area contributed by atoms with E-state index in [0.717, 1.165) is 29.7 Å². The molecule has 0 spiro atoms. The highest BCUT2D eigenvalue weighted by Crippen LogP contribution is 2.27. The van der Waals surface area contributed by atoms with E-state index >= 15 is 0 Å². The summed E-state index contributed by atoms with van der Waals surface area (Å²) in [5.41, 5.74) is 2.30. The van der Waals surface area contributed by atoms with Crippen molar-refractivity contribution in [3.05, 3.63) is 28.2 Å². The van der Waals surface area contributed by atoms with Crippen LogP contribution in [0.4, 0.5) is 5.69 Å². The van der Waals surface area contributed by atoms with Crippen LogP contribution in [0.3, 0.4) is 0 Å². The quantitative estimate of drug-likeness (QED) is 0.753. The first-order valence-corrected chi connectivity index (χ1v) is 8.24. The summed E-state index contributed by atoms with van der Waals surface area (Å²) in [5, 5.41) is 6.09. The molecule has 5 heteroatoms. The molecule has 0 unspecified atom stereocenters. The SMILES string of the molecule is CCCN(CC(=O)NC)c1ccc(CNC(C)C)cc1Br.